The van der Waals surface area contributed by atoms with Crippen LogP contribution in [-0.2, 0) is 11.3 Å². The summed E-state index contributed by atoms with van der Waals surface area (Å²) >= 11 is 0. The van der Waals surface area contributed by atoms with Gasteiger partial charge in [-0.3, -0.25) is 4.79 Å². The van der Waals surface area contributed by atoms with Crippen molar-refractivity contribution in [2.24, 2.45) is 0 Å². The molecule has 0 aliphatic carbocycles. The number of hydrogen-bond acceptors (Lipinski definition) is 4. The summed E-state index contributed by atoms with van der Waals surface area (Å²) in [4.78, 5) is 11.3. The summed E-state index contributed by atoms with van der Waals surface area (Å²) in [7, 11) is 0. The van der Waals surface area contributed by atoms with Crippen molar-refractivity contribution in [1.82, 2.24) is 15.8 Å². The largest absolute Gasteiger partial charge is 0.359 e. The maximum absolute atomic E-state index is 11.3. The molecule has 1 aromatic heterocycles. The topological polar surface area (TPSA) is 67.2 Å². The van der Waals surface area contributed by atoms with E-state index in [0.717, 1.165) is 18.7 Å². The van der Waals surface area contributed by atoms with E-state index in [1.807, 2.05) is 6.92 Å². The molecule has 0 saturated carbocycles. The monoisotopic (exact) mass is 211 g/mol. The zero-order valence-corrected chi connectivity index (χ0v) is 9.17. The average Bonchev–Trinajstić information content (AvgIpc) is 2.62. The van der Waals surface area contributed by atoms with E-state index >= 15 is 0 Å². The Kier molecular flexibility index (Phi) is 4.83. The van der Waals surface area contributed by atoms with Crippen LogP contribution in [-0.4, -0.2) is 24.2 Å². The molecule has 1 amide bonds. The predicted octanol–water partition coefficient (Wildman–Crippen LogP) is 0.599. The van der Waals surface area contributed by atoms with Gasteiger partial charge < -0.3 is 15.2 Å². The molecule has 5 heteroatoms. The van der Waals surface area contributed by atoms with Gasteiger partial charge in [0.25, 0.3) is 0 Å². The lowest BCUT2D eigenvalue weighted by Crippen LogP contribution is -2.33. The van der Waals surface area contributed by atoms with Gasteiger partial charge in [-0.2, -0.15) is 0 Å². The van der Waals surface area contributed by atoms with Gasteiger partial charge in [-0.05, 0) is 19.9 Å². The van der Waals surface area contributed by atoms with Gasteiger partial charge in [0.05, 0.1) is 18.8 Å². The number of amides is 1. The highest BCUT2D eigenvalue weighted by atomic mass is 16.5. The number of hydrogen-bond donors (Lipinski definition) is 2. The van der Waals surface area contributed by atoms with Crippen LogP contribution in [0, 0.1) is 6.92 Å². The Hall–Kier alpha value is -1.36. The minimum absolute atomic E-state index is 0.0301. The number of aromatic nitrogens is 1. The van der Waals surface area contributed by atoms with Gasteiger partial charge in [0.1, 0.15) is 0 Å². The Morgan fingerprint density at radius 1 is 1.60 bits per heavy atom. The fraction of sp³-hybridized carbons (Fsp3) is 0.600. The van der Waals surface area contributed by atoms with E-state index in [4.69, 9.17) is 4.52 Å². The summed E-state index contributed by atoms with van der Waals surface area (Å²) in [6.45, 7) is 5.50. The van der Waals surface area contributed by atoms with Crippen LogP contribution in [0.25, 0.3) is 0 Å². The number of carbonyl (C=O) groups excluding carboxylic acids is 1. The van der Waals surface area contributed by atoms with Gasteiger partial charge in [-0.15, -0.1) is 0 Å². The molecule has 0 aliphatic heterocycles. The molecule has 0 fully saturated rings. The first-order valence-corrected chi connectivity index (χ1v) is 5.12. The summed E-state index contributed by atoms with van der Waals surface area (Å²) in [6.07, 6.45) is 1.02. The van der Waals surface area contributed by atoms with Gasteiger partial charge >= 0.3 is 0 Å². The van der Waals surface area contributed by atoms with E-state index in [1.54, 1.807) is 6.07 Å². The molecule has 15 heavy (non-hydrogen) atoms. The van der Waals surface area contributed by atoms with Crippen LogP contribution in [0.5, 0.6) is 0 Å². The Labute approximate surface area is 89.2 Å². The van der Waals surface area contributed by atoms with Crippen molar-refractivity contribution in [3.05, 3.63) is 17.5 Å². The van der Waals surface area contributed by atoms with Crippen LogP contribution in [0.3, 0.4) is 0 Å². The number of rotatable bonds is 6. The molecule has 1 aromatic rings. The zero-order valence-electron chi connectivity index (χ0n) is 9.17. The molecule has 0 unspecified atom stereocenters. The van der Waals surface area contributed by atoms with Crippen molar-refractivity contribution in [1.29, 1.82) is 0 Å². The van der Waals surface area contributed by atoms with Gasteiger partial charge in [-0.1, -0.05) is 12.1 Å². The second-order valence-electron chi connectivity index (χ2n) is 3.39. The van der Waals surface area contributed by atoms with Crippen LogP contribution in [0.2, 0.25) is 0 Å². The molecule has 84 valence electrons. The molecule has 0 aliphatic rings. The van der Waals surface area contributed by atoms with Crippen LogP contribution >= 0.6 is 0 Å². The Bertz CT molecular complexity index is 309. The normalized spacial score (nSPS) is 10.3. The molecule has 0 radical (unpaired) electrons. The number of aryl methyl sites for hydroxylation is 1. The maximum atomic E-state index is 11.3. The molecule has 1 heterocycles. The van der Waals surface area contributed by atoms with E-state index < -0.39 is 0 Å². The first kappa shape index (κ1) is 11.7. The summed E-state index contributed by atoms with van der Waals surface area (Å²) < 4.78 is 4.96. The molecule has 0 aromatic carbocycles. The van der Waals surface area contributed by atoms with E-state index in [0.29, 0.717) is 18.8 Å². The van der Waals surface area contributed by atoms with Crippen molar-refractivity contribution in [2.75, 3.05) is 13.1 Å². The summed E-state index contributed by atoms with van der Waals surface area (Å²) in [5.41, 5.74) is 0.823. The number of carbonyl (C=O) groups is 1. The highest BCUT2D eigenvalue weighted by Crippen LogP contribution is 2.00. The third-order valence-electron chi connectivity index (χ3n) is 1.85. The summed E-state index contributed by atoms with van der Waals surface area (Å²) in [5.74, 6) is 0.647. The molecule has 0 atom stereocenters. The minimum atomic E-state index is -0.0301. The van der Waals surface area contributed by atoms with Crippen LogP contribution in [0.4, 0.5) is 0 Å². The Morgan fingerprint density at radius 2 is 2.40 bits per heavy atom. The first-order valence-electron chi connectivity index (χ1n) is 5.12. The van der Waals surface area contributed by atoms with Crippen LogP contribution < -0.4 is 10.6 Å². The molecular formula is C10H17N3O2. The predicted molar refractivity (Wildman–Crippen MR) is 56.2 cm³/mol. The molecular weight excluding hydrogens is 194 g/mol. The quantitative estimate of drug-likeness (QED) is 0.676. The zero-order chi connectivity index (χ0) is 11.1. The van der Waals surface area contributed by atoms with Crippen molar-refractivity contribution < 1.29 is 9.32 Å². The van der Waals surface area contributed by atoms with Gasteiger partial charge in [0.2, 0.25) is 5.91 Å². The van der Waals surface area contributed by atoms with E-state index in [-0.39, 0.29) is 5.91 Å². The SMILES string of the molecule is CCCNCC(=O)NCc1cc(C)no1. The smallest absolute Gasteiger partial charge is 0.234 e. The van der Waals surface area contributed by atoms with Gasteiger partial charge in [-0.25, -0.2) is 0 Å². The molecule has 2 N–H and O–H groups in total. The lowest BCUT2D eigenvalue weighted by atomic mass is 10.4. The fourth-order valence-corrected chi connectivity index (χ4v) is 1.13. The first-order chi connectivity index (χ1) is 7.22. The van der Waals surface area contributed by atoms with Gasteiger partial charge in [0, 0.05) is 6.07 Å². The van der Waals surface area contributed by atoms with Crippen molar-refractivity contribution in [3.63, 3.8) is 0 Å². The van der Waals surface area contributed by atoms with Crippen molar-refractivity contribution in [3.8, 4) is 0 Å². The van der Waals surface area contributed by atoms with E-state index in [9.17, 15) is 4.79 Å². The lowest BCUT2D eigenvalue weighted by Gasteiger charge is -2.03. The third kappa shape index (κ3) is 4.60. The second kappa shape index (κ2) is 6.19. The highest BCUT2D eigenvalue weighted by Gasteiger charge is 2.03. The average molecular weight is 211 g/mol. The third-order valence-corrected chi connectivity index (χ3v) is 1.85. The van der Waals surface area contributed by atoms with Crippen molar-refractivity contribution >= 4 is 5.91 Å². The van der Waals surface area contributed by atoms with E-state index in [1.165, 1.54) is 0 Å². The van der Waals surface area contributed by atoms with Gasteiger partial charge in [0.15, 0.2) is 5.76 Å². The minimum Gasteiger partial charge on any atom is -0.359 e. The van der Waals surface area contributed by atoms with E-state index in [2.05, 4.69) is 22.7 Å². The molecule has 0 saturated heterocycles. The molecule has 1 rings (SSSR count). The lowest BCUT2D eigenvalue weighted by molar-refractivity contribution is -0.120. The standard InChI is InChI=1S/C10H17N3O2/c1-3-4-11-7-10(14)12-6-9-5-8(2)13-15-9/h5,11H,3-4,6-7H2,1-2H3,(H,12,14). The maximum Gasteiger partial charge on any atom is 0.234 e. The fourth-order valence-electron chi connectivity index (χ4n) is 1.13. The van der Waals surface area contributed by atoms with Crippen LogP contribution in [0.1, 0.15) is 24.8 Å². The summed E-state index contributed by atoms with van der Waals surface area (Å²) in [5, 5.41) is 9.48. The number of nitrogens with one attached hydrogen (secondary N) is 2. The number of nitrogens with zero attached hydrogens (tertiary/aromatic N) is 1. The van der Waals surface area contributed by atoms with Crippen molar-refractivity contribution in [2.45, 2.75) is 26.8 Å². The second-order valence-corrected chi connectivity index (χ2v) is 3.39. The highest BCUT2D eigenvalue weighted by molar-refractivity contribution is 5.77. The van der Waals surface area contributed by atoms with Crippen LogP contribution in [0.15, 0.2) is 10.6 Å². The Morgan fingerprint density at radius 3 is 3.00 bits per heavy atom. The molecule has 5 nitrogen and oxygen atoms in total. The Balaban J connectivity index is 2.16. The summed E-state index contributed by atoms with van der Waals surface area (Å²) in [6, 6.07) is 1.81. The molecule has 0 bridgehead atoms. The molecule has 0 spiro atoms.